The lowest BCUT2D eigenvalue weighted by molar-refractivity contribution is -0.676. The predicted molar refractivity (Wildman–Crippen MR) is 73.8 cm³/mol. The molecular formula is C14H20ClN2O2+. The first kappa shape index (κ1) is 14.3. The van der Waals surface area contributed by atoms with Gasteiger partial charge in [0.15, 0.2) is 0 Å². The van der Waals surface area contributed by atoms with Crippen LogP contribution in [0, 0.1) is 0 Å². The second-order valence-corrected chi connectivity index (χ2v) is 5.39. The minimum atomic E-state index is -0.471. The van der Waals surface area contributed by atoms with Crippen molar-refractivity contribution in [1.29, 1.82) is 0 Å². The van der Waals surface area contributed by atoms with E-state index >= 15 is 0 Å². The molecule has 104 valence electrons. The van der Waals surface area contributed by atoms with E-state index in [4.69, 9.17) is 11.6 Å². The van der Waals surface area contributed by atoms with Crippen molar-refractivity contribution in [2.75, 3.05) is 19.6 Å². The molecule has 1 aromatic carbocycles. The van der Waals surface area contributed by atoms with Gasteiger partial charge < -0.3 is 15.3 Å². The summed E-state index contributed by atoms with van der Waals surface area (Å²) in [6.07, 6.45) is 1.07. The summed E-state index contributed by atoms with van der Waals surface area (Å²) in [6.45, 7) is 2.61. The molecule has 1 aromatic rings. The fourth-order valence-corrected chi connectivity index (χ4v) is 2.55. The summed E-state index contributed by atoms with van der Waals surface area (Å²) in [7, 11) is 0. The Hall–Kier alpha value is -1.10. The molecule has 0 bridgehead atoms. The maximum Gasteiger partial charge on any atom is 0.222 e. The minimum Gasteiger partial charge on any atom is -0.385 e. The number of aliphatic hydroxyl groups excluding tert-OH is 1. The standard InChI is InChI=1S/C14H19ClN2O2/c15-12-4-1-3-11(7-12)8-16-9-13(18)10-17-6-2-5-14(17)19/h1,3-4,7,13,16,18H,2,5-6,8-10H2/p+1/t13-/m1/s1. The van der Waals surface area contributed by atoms with E-state index in [-0.39, 0.29) is 5.91 Å². The lowest BCUT2D eigenvalue weighted by atomic mass is 10.2. The molecule has 1 heterocycles. The molecule has 4 nitrogen and oxygen atoms in total. The fraction of sp³-hybridized carbons (Fsp3) is 0.500. The van der Waals surface area contributed by atoms with Crippen molar-refractivity contribution in [2.24, 2.45) is 0 Å². The second-order valence-electron chi connectivity index (χ2n) is 4.96. The number of hydrogen-bond acceptors (Lipinski definition) is 2. The molecule has 0 aliphatic carbocycles. The van der Waals surface area contributed by atoms with Crippen LogP contribution >= 0.6 is 11.6 Å². The van der Waals surface area contributed by atoms with Gasteiger partial charge in [-0.1, -0.05) is 23.7 Å². The van der Waals surface area contributed by atoms with Crippen molar-refractivity contribution in [3.63, 3.8) is 0 Å². The molecule has 1 aliphatic heterocycles. The Labute approximate surface area is 118 Å². The van der Waals surface area contributed by atoms with Gasteiger partial charge in [-0.3, -0.25) is 4.79 Å². The molecule has 0 spiro atoms. The van der Waals surface area contributed by atoms with Crippen LogP contribution in [-0.2, 0) is 11.3 Å². The first-order chi connectivity index (χ1) is 9.15. The topological polar surface area (TPSA) is 57.2 Å². The molecular weight excluding hydrogens is 264 g/mol. The zero-order valence-electron chi connectivity index (χ0n) is 10.9. The normalized spacial score (nSPS) is 16.9. The quantitative estimate of drug-likeness (QED) is 0.793. The van der Waals surface area contributed by atoms with Crippen LogP contribution in [0.2, 0.25) is 5.02 Å². The smallest absolute Gasteiger partial charge is 0.222 e. The Bertz CT molecular complexity index is 439. The number of nitrogens with two attached hydrogens (primary N) is 1. The van der Waals surface area contributed by atoms with Crippen molar-refractivity contribution in [3.8, 4) is 0 Å². The third-order valence-electron chi connectivity index (χ3n) is 3.31. The molecule has 19 heavy (non-hydrogen) atoms. The Morgan fingerprint density at radius 3 is 3.00 bits per heavy atom. The summed E-state index contributed by atoms with van der Waals surface area (Å²) in [6, 6.07) is 7.71. The maximum atomic E-state index is 11.4. The lowest BCUT2D eigenvalue weighted by Gasteiger charge is -2.18. The Kier molecular flexibility index (Phi) is 5.19. The van der Waals surface area contributed by atoms with Crippen LogP contribution in [0.3, 0.4) is 0 Å². The zero-order valence-corrected chi connectivity index (χ0v) is 11.6. The van der Waals surface area contributed by atoms with E-state index in [0.717, 1.165) is 30.1 Å². The number of quaternary nitrogens is 1. The summed E-state index contributed by atoms with van der Waals surface area (Å²) >= 11 is 5.91. The molecule has 0 saturated carbocycles. The van der Waals surface area contributed by atoms with Crippen LogP contribution in [0.15, 0.2) is 24.3 Å². The summed E-state index contributed by atoms with van der Waals surface area (Å²) < 4.78 is 0. The van der Waals surface area contributed by atoms with Crippen molar-refractivity contribution >= 4 is 17.5 Å². The molecule has 0 radical (unpaired) electrons. The van der Waals surface area contributed by atoms with Gasteiger partial charge in [-0.2, -0.15) is 0 Å². The summed E-state index contributed by atoms with van der Waals surface area (Å²) in [4.78, 5) is 13.2. The van der Waals surface area contributed by atoms with Crippen molar-refractivity contribution in [3.05, 3.63) is 34.9 Å². The molecule has 3 N–H and O–H groups in total. The molecule has 0 unspecified atom stereocenters. The molecule has 2 rings (SSSR count). The van der Waals surface area contributed by atoms with Gasteiger partial charge in [0.05, 0.1) is 6.54 Å². The second kappa shape index (κ2) is 6.89. The lowest BCUT2D eigenvalue weighted by Crippen LogP contribution is -2.85. The van der Waals surface area contributed by atoms with Gasteiger partial charge in [0.1, 0.15) is 19.2 Å². The Balaban J connectivity index is 1.69. The van der Waals surface area contributed by atoms with E-state index in [9.17, 15) is 9.90 Å². The van der Waals surface area contributed by atoms with Crippen molar-refractivity contribution < 1.29 is 15.2 Å². The highest BCUT2D eigenvalue weighted by Crippen LogP contribution is 2.10. The van der Waals surface area contributed by atoms with Crippen LogP contribution in [0.5, 0.6) is 0 Å². The van der Waals surface area contributed by atoms with E-state index in [1.807, 2.05) is 29.6 Å². The van der Waals surface area contributed by atoms with Crippen LogP contribution in [-0.4, -0.2) is 41.7 Å². The number of rotatable bonds is 6. The average molecular weight is 284 g/mol. The van der Waals surface area contributed by atoms with Gasteiger partial charge in [0.25, 0.3) is 0 Å². The third kappa shape index (κ3) is 4.49. The number of β-amino-alcohol motifs (C(OH)–C–C–N with tert-alkyl or cyclic N) is 1. The Morgan fingerprint density at radius 2 is 2.32 bits per heavy atom. The number of aliphatic hydroxyl groups is 1. The van der Waals surface area contributed by atoms with E-state index < -0.39 is 6.10 Å². The number of hydrogen-bond donors (Lipinski definition) is 2. The average Bonchev–Trinajstić information content (AvgIpc) is 2.75. The SMILES string of the molecule is O=C1CCCN1C[C@H](O)C[NH2+]Cc1cccc(Cl)c1. The van der Waals surface area contributed by atoms with Crippen LogP contribution in [0.1, 0.15) is 18.4 Å². The number of halogens is 1. The van der Waals surface area contributed by atoms with Gasteiger partial charge in [0.2, 0.25) is 5.91 Å². The highest BCUT2D eigenvalue weighted by atomic mass is 35.5. The van der Waals surface area contributed by atoms with Crippen LogP contribution < -0.4 is 5.32 Å². The minimum absolute atomic E-state index is 0.161. The molecule has 5 heteroatoms. The summed E-state index contributed by atoms with van der Waals surface area (Å²) in [5.74, 6) is 0.161. The van der Waals surface area contributed by atoms with E-state index in [0.29, 0.717) is 19.5 Å². The molecule has 1 atom stereocenters. The predicted octanol–water partition coefficient (Wildman–Crippen LogP) is 0.387. The van der Waals surface area contributed by atoms with E-state index in [2.05, 4.69) is 0 Å². The monoisotopic (exact) mass is 283 g/mol. The molecule has 1 amide bonds. The van der Waals surface area contributed by atoms with E-state index in [1.54, 1.807) is 4.90 Å². The number of carbonyl (C=O) groups is 1. The van der Waals surface area contributed by atoms with Gasteiger partial charge >= 0.3 is 0 Å². The van der Waals surface area contributed by atoms with E-state index in [1.165, 1.54) is 0 Å². The van der Waals surface area contributed by atoms with Gasteiger partial charge in [-0.15, -0.1) is 0 Å². The summed E-state index contributed by atoms with van der Waals surface area (Å²) in [5, 5.41) is 12.7. The fourth-order valence-electron chi connectivity index (χ4n) is 2.33. The maximum absolute atomic E-state index is 11.4. The van der Waals surface area contributed by atoms with Crippen molar-refractivity contribution in [1.82, 2.24) is 4.90 Å². The largest absolute Gasteiger partial charge is 0.385 e. The Morgan fingerprint density at radius 1 is 1.47 bits per heavy atom. The highest BCUT2D eigenvalue weighted by molar-refractivity contribution is 6.30. The van der Waals surface area contributed by atoms with Gasteiger partial charge in [0, 0.05) is 23.6 Å². The highest BCUT2D eigenvalue weighted by Gasteiger charge is 2.22. The number of carbonyl (C=O) groups excluding carboxylic acids is 1. The number of nitrogens with zero attached hydrogens (tertiary/aromatic N) is 1. The van der Waals surface area contributed by atoms with Gasteiger partial charge in [-0.05, 0) is 18.6 Å². The van der Waals surface area contributed by atoms with Crippen LogP contribution in [0.4, 0.5) is 0 Å². The summed E-state index contributed by atoms with van der Waals surface area (Å²) in [5.41, 5.74) is 1.14. The third-order valence-corrected chi connectivity index (χ3v) is 3.55. The molecule has 1 saturated heterocycles. The first-order valence-corrected chi connectivity index (χ1v) is 7.05. The number of benzene rings is 1. The number of likely N-dealkylation sites (tertiary alicyclic amines) is 1. The molecule has 1 fully saturated rings. The zero-order chi connectivity index (χ0) is 13.7. The number of amides is 1. The molecule has 0 aromatic heterocycles. The molecule has 1 aliphatic rings. The van der Waals surface area contributed by atoms with Crippen LogP contribution in [0.25, 0.3) is 0 Å². The van der Waals surface area contributed by atoms with Crippen molar-refractivity contribution in [2.45, 2.75) is 25.5 Å². The van der Waals surface area contributed by atoms with Gasteiger partial charge in [-0.25, -0.2) is 0 Å². The first-order valence-electron chi connectivity index (χ1n) is 6.67.